The van der Waals surface area contributed by atoms with Crippen LogP contribution in [0.4, 0.5) is 0 Å². The van der Waals surface area contributed by atoms with E-state index in [-0.39, 0.29) is 0 Å². The molecule has 0 rings (SSSR count). The smallest absolute Gasteiger partial charge is 0.0521 e. The summed E-state index contributed by atoms with van der Waals surface area (Å²) in [4.78, 5) is 0. The number of rotatable bonds is 26. The molecule has 11 heteroatoms. The highest BCUT2D eigenvalue weighted by molar-refractivity contribution is 8.07. The van der Waals surface area contributed by atoms with Gasteiger partial charge < -0.3 is 15.3 Å². The summed E-state index contributed by atoms with van der Waals surface area (Å²) in [5.74, 6) is 17.0. The predicted molar refractivity (Wildman–Crippen MR) is 159 cm³/mol. The van der Waals surface area contributed by atoms with Crippen LogP contribution < -0.4 is 0 Å². The van der Waals surface area contributed by atoms with E-state index in [0.29, 0.717) is 19.8 Å². The van der Waals surface area contributed by atoms with Gasteiger partial charge in [-0.1, -0.05) is 0 Å². The minimum atomic E-state index is 0.290. The molecule has 0 aromatic heterocycles. The number of aliphatic hydroxyl groups is 3. The van der Waals surface area contributed by atoms with Gasteiger partial charge in [0.15, 0.2) is 0 Å². The van der Waals surface area contributed by atoms with Crippen molar-refractivity contribution in [3.05, 3.63) is 0 Å². The third-order valence-corrected chi connectivity index (χ3v) is 13.5. The van der Waals surface area contributed by atoms with Gasteiger partial charge in [0.05, 0.1) is 19.8 Å². The van der Waals surface area contributed by atoms with Crippen molar-refractivity contribution in [2.24, 2.45) is 0 Å². The summed E-state index contributed by atoms with van der Waals surface area (Å²) < 4.78 is 0. The standard InChI is InChI=1S/C19H40O3S8/c20-1-4-23-7-9-26-12-14-29-18-19(17-28-13-11-25-6-3-22)30-16-15-27-10-8-24-5-2-21/h19-22H,1-18H2. The molecule has 3 N–H and O–H groups in total. The Kier molecular flexibility index (Phi) is 32.4. The van der Waals surface area contributed by atoms with Gasteiger partial charge in [-0.3, -0.25) is 0 Å². The zero-order chi connectivity index (χ0) is 22.0. The van der Waals surface area contributed by atoms with Crippen molar-refractivity contribution < 1.29 is 15.3 Å². The fourth-order valence-electron chi connectivity index (χ4n) is 2.02. The molecule has 0 fully saturated rings. The zero-order valence-corrected chi connectivity index (χ0v) is 24.4. The van der Waals surface area contributed by atoms with Crippen LogP contribution in [0.1, 0.15) is 0 Å². The van der Waals surface area contributed by atoms with Gasteiger partial charge in [0.1, 0.15) is 0 Å². The third kappa shape index (κ3) is 26.9. The highest BCUT2D eigenvalue weighted by Gasteiger charge is 2.10. The van der Waals surface area contributed by atoms with Crippen molar-refractivity contribution in [1.82, 2.24) is 0 Å². The average molecular weight is 573 g/mol. The Hall–Kier alpha value is 2.68. The second-order valence-electron chi connectivity index (χ2n) is 5.88. The van der Waals surface area contributed by atoms with Crippen LogP contribution in [-0.2, 0) is 0 Å². The van der Waals surface area contributed by atoms with Crippen molar-refractivity contribution in [2.45, 2.75) is 5.25 Å². The molecular formula is C19H40O3S8. The largest absolute Gasteiger partial charge is 0.396 e. The molecule has 182 valence electrons. The highest BCUT2D eigenvalue weighted by atomic mass is 32.2. The maximum atomic E-state index is 8.86. The number of thioether (sulfide) groups is 8. The van der Waals surface area contributed by atoms with Crippen molar-refractivity contribution in [3.63, 3.8) is 0 Å². The molecule has 0 saturated carbocycles. The molecule has 0 aliphatic rings. The van der Waals surface area contributed by atoms with E-state index in [1.54, 1.807) is 0 Å². The van der Waals surface area contributed by atoms with E-state index in [4.69, 9.17) is 15.3 Å². The zero-order valence-electron chi connectivity index (χ0n) is 17.9. The first-order valence-electron chi connectivity index (χ1n) is 10.3. The van der Waals surface area contributed by atoms with Gasteiger partial charge in [-0.15, -0.1) is 0 Å². The summed E-state index contributed by atoms with van der Waals surface area (Å²) in [6.45, 7) is 0.879. The molecule has 0 radical (unpaired) electrons. The summed E-state index contributed by atoms with van der Waals surface area (Å²) in [6.07, 6.45) is 0. The van der Waals surface area contributed by atoms with Crippen molar-refractivity contribution >= 4 is 94.1 Å². The van der Waals surface area contributed by atoms with E-state index in [9.17, 15) is 0 Å². The molecule has 0 saturated heterocycles. The van der Waals surface area contributed by atoms with E-state index < -0.39 is 0 Å². The quantitative estimate of drug-likeness (QED) is 0.131. The van der Waals surface area contributed by atoms with Crippen LogP contribution in [0.3, 0.4) is 0 Å². The monoisotopic (exact) mass is 572 g/mol. The van der Waals surface area contributed by atoms with Crippen molar-refractivity contribution in [1.29, 1.82) is 0 Å². The SMILES string of the molecule is OCCSCCSCCSCC(CSCCSCCO)SCCSCCSCCO. The van der Waals surface area contributed by atoms with Crippen LogP contribution >= 0.6 is 94.1 Å². The molecule has 0 aliphatic heterocycles. The molecule has 0 heterocycles. The Morgan fingerprint density at radius 2 is 0.667 bits per heavy atom. The summed E-state index contributed by atoms with van der Waals surface area (Å²) in [5, 5.41) is 27.2. The van der Waals surface area contributed by atoms with Gasteiger partial charge in [-0.2, -0.15) is 94.1 Å². The molecular weight excluding hydrogens is 533 g/mol. The van der Waals surface area contributed by atoms with E-state index in [1.807, 2.05) is 58.8 Å². The maximum Gasteiger partial charge on any atom is 0.0521 e. The normalized spacial score (nSPS) is 12.5. The average Bonchev–Trinajstić information content (AvgIpc) is 2.76. The Morgan fingerprint density at radius 1 is 0.367 bits per heavy atom. The summed E-state index contributed by atoms with van der Waals surface area (Å²) in [6, 6.07) is 0. The molecule has 3 nitrogen and oxygen atoms in total. The fraction of sp³-hybridized carbons (Fsp3) is 1.00. The molecule has 0 spiro atoms. The number of aliphatic hydroxyl groups excluding tert-OH is 3. The molecule has 0 bridgehead atoms. The van der Waals surface area contributed by atoms with Gasteiger partial charge in [0.2, 0.25) is 0 Å². The van der Waals surface area contributed by atoms with Crippen LogP contribution in [0.2, 0.25) is 0 Å². The molecule has 0 amide bonds. The van der Waals surface area contributed by atoms with Crippen molar-refractivity contribution in [2.75, 3.05) is 106 Å². The molecule has 1 atom stereocenters. The van der Waals surface area contributed by atoms with Gasteiger partial charge in [0, 0.05) is 91.5 Å². The minimum absolute atomic E-state index is 0.290. The fourth-order valence-corrected chi connectivity index (χ4v) is 11.0. The van der Waals surface area contributed by atoms with E-state index in [2.05, 4.69) is 35.3 Å². The predicted octanol–water partition coefficient (Wildman–Crippen LogP) is 4.20. The second-order valence-corrected chi connectivity index (χ2v) is 15.7. The van der Waals surface area contributed by atoms with Crippen LogP contribution in [0.15, 0.2) is 0 Å². The maximum absolute atomic E-state index is 8.86. The lowest BCUT2D eigenvalue weighted by atomic mass is 10.5. The van der Waals surface area contributed by atoms with Crippen LogP contribution in [0.5, 0.6) is 0 Å². The van der Waals surface area contributed by atoms with Gasteiger partial charge >= 0.3 is 0 Å². The Labute approximate surface area is 219 Å². The van der Waals surface area contributed by atoms with Crippen LogP contribution in [0.25, 0.3) is 0 Å². The van der Waals surface area contributed by atoms with Crippen LogP contribution in [-0.4, -0.2) is 127 Å². The Balaban J connectivity index is 3.79. The topological polar surface area (TPSA) is 60.7 Å². The van der Waals surface area contributed by atoms with Crippen molar-refractivity contribution in [3.8, 4) is 0 Å². The first-order valence-corrected chi connectivity index (χ1v) is 19.5. The molecule has 0 aliphatic carbocycles. The van der Waals surface area contributed by atoms with Gasteiger partial charge in [0.25, 0.3) is 0 Å². The van der Waals surface area contributed by atoms with Crippen LogP contribution in [0, 0.1) is 0 Å². The van der Waals surface area contributed by atoms with Gasteiger partial charge in [-0.25, -0.2) is 0 Å². The van der Waals surface area contributed by atoms with E-state index >= 15 is 0 Å². The van der Waals surface area contributed by atoms with E-state index in [1.165, 1.54) is 51.8 Å². The second kappa shape index (κ2) is 29.7. The third-order valence-electron chi connectivity index (χ3n) is 3.38. The first kappa shape index (κ1) is 32.7. The lowest BCUT2D eigenvalue weighted by molar-refractivity contribution is 0.322. The van der Waals surface area contributed by atoms with E-state index in [0.717, 1.165) is 39.8 Å². The summed E-state index contributed by atoms with van der Waals surface area (Å²) >= 11 is 15.9. The lowest BCUT2D eigenvalue weighted by Crippen LogP contribution is -2.13. The molecule has 0 aromatic carbocycles. The Morgan fingerprint density at radius 3 is 1.03 bits per heavy atom. The van der Waals surface area contributed by atoms with Gasteiger partial charge in [-0.05, 0) is 0 Å². The summed E-state index contributed by atoms with van der Waals surface area (Å²) in [5.41, 5.74) is 0. The first-order chi connectivity index (χ1) is 14.8. The highest BCUT2D eigenvalue weighted by Crippen LogP contribution is 2.23. The Bertz CT molecular complexity index is 320. The molecule has 30 heavy (non-hydrogen) atoms. The lowest BCUT2D eigenvalue weighted by Gasteiger charge is -2.16. The molecule has 1 unspecified atom stereocenters. The molecule has 0 aromatic rings. The number of hydrogen-bond acceptors (Lipinski definition) is 11. The summed E-state index contributed by atoms with van der Waals surface area (Å²) in [7, 11) is 0. The number of hydrogen-bond donors (Lipinski definition) is 3. The minimum Gasteiger partial charge on any atom is -0.396 e.